The average Bonchev–Trinajstić information content (AvgIpc) is 1.82. The summed E-state index contributed by atoms with van der Waals surface area (Å²) in [5.74, 6) is -0.970. The third-order valence-corrected chi connectivity index (χ3v) is 1.52. The average molecular weight is 197 g/mol. The zero-order chi connectivity index (χ0) is 9.30. The molecule has 1 aromatic heterocycles. The first-order valence-corrected chi connectivity index (χ1v) is 3.29. The maximum absolute atomic E-state index is 12.4. The van der Waals surface area contributed by atoms with Crippen LogP contribution in [0.4, 0.5) is 18.9 Å². The van der Waals surface area contributed by atoms with Crippen LogP contribution in [0.5, 0.6) is 0 Å². The molecule has 0 aliphatic carbocycles. The number of rotatable bonds is 1. The first-order chi connectivity index (χ1) is 5.52. The summed E-state index contributed by atoms with van der Waals surface area (Å²) in [6.45, 7) is 0. The van der Waals surface area contributed by atoms with E-state index in [0.29, 0.717) is 6.07 Å². The van der Waals surface area contributed by atoms with Gasteiger partial charge in [0.05, 0.1) is 5.56 Å². The van der Waals surface area contributed by atoms with Gasteiger partial charge in [0.15, 0.2) is 0 Å². The minimum absolute atomic E-state index is 0.387. The molecular formula is C6H4ClF3N2. The highest BCUT2D eigenvalue weighted by molar-refractivity contribution is 6.30. The Morgan fingerprint density at radius 2 is 2.08 bits per heavy atom. The number of nitrogen functional groups attached to an aromatic ring is 1. The molecule has 0 fully saturated rings. The molecule has 0 aromatic carbocycles. The van der Waals surface area contributed by atoms with Gasteiger partial charge < -0.3 is 5.73 Å². The van der Waals surface area contributed by atoms with E-state index >= 15 is 0 Å². The minimum atomic E-state index is -2.84. The Morgan fingerprint density at radius 3 is 2.50 bits per heavy atom. The summed E-state index contributed by atoms with van der Waals surface area (Å²) in [6.07, 6.45) is -2.84. The number of alkyl halides is 2. The molecule has 0 unspecified atom stereocenters. The molecule has 6 heteroatoms. The van der Waals surface area contributed by atoms with Crippen LogP contribution in [0.3, 0.4) is 0 Å². The Hall–Kier alpha value is -0.970. The van der Waals surface area contributed by atoms with Crippen molar-refractivity contribution in [1.29, 1.82) is 0 Å². The summed E-state index contributed by atoms with van der Waals surface area (Å²) in [5.41, 5.74) is 4.07. The summed E-state index contributed by atoms with van der Waals surface area (Å²) in [4.78, 5) is 2.99. The van der Waals surface area contributed by atoms with Crippen molar-refractivity contribution >= 4 is 17.3 Å². The monoisotopic (exact) mass is 196 g/mol. The first-order valence-electron chi connectivity index (χ1n) is 2.92. The Labute approximate surface area is 71.2 Å². The molecule has 0 bridgehead atoms. The second-order valence-corrected chi connectivity index (χ2v) is 2.40. The van der Waals surface area contributed by atoms with Gasteiger partial charge in [0.2, 0.25) is 5.95 Å². The van der Waals surface area contributed by atoms with Crippen LogP contribution in [0.15, 0.2) is 6.07 Å². The maximum atomic E-state index is 12.4. The van der Waals surface area contributed by atoms with Crippen molar-refractivity contribution in [2.75, 3.05) is 5.73 Å². The number of anilines is 1. The van der Waals surface area contributed by atoms with E-state index in [1.165, 1.54) is 0 Å². The van der Waals surface area contributed by atoms with Gasteiger partial charge in [0, 0.05) is 11.8 Å². The highest BCUT2D eigenvalue weighted by atomic mass is 35.5. The molecule has 0 aliphatic heterocycles. The summed E-state index contributed by atoms with van der Waals surface area (Å²) in [6, 6.07) is 0.702. The van der Waals surface area contributed by atoms with Gasteiger partial charge >= 0.3 is 0 Å². The molecule has 0 radical (unpaired) electrons. The van der Waals surface area contributed by atoms with Crippen molar-refractivity contribution < 1.29 is 13.2 Å². The lowest BCUT2D eigenvalue weighted by Crippen LogP contribution is -1.99. The van der Waals surface area contributed by atoms with E-state index in [2.05, 4.69) is 4.98 Å². The number of hydrogen-bond acceptors (Lipinski definition) is 2. The van der Waals surface area contributed by atoms with Gasteiger partial charge in [-0.2, -0.15) is 4.39 Å². The fourth-order valence-corrected chi connectivity index (χ4v) is 1.000. The smallest absolute Gasteiger partial charge is 0.268 e. The van der Waals surface area contributed by atoms with Crippen LogP contribution in [-0.2, 0) is 0 Å². The van der Waals surface area contributed by atoms with Crippen LogP contribution in [-0.4, -0.2) is 4.98 Å². The summed E-state index contributed by atoms with van der Waals surface area (Å²) >= 11 is 5.22. The van der Waals surface area contributed by atoms with Gasteiger partial charge in [-0.1, -0.05) is 11.6 Å². The highest BCUT2D eigenvalue weighted by Gasteiger charge is 2.17. The van der Waals surface area contributed by atoms with E-state index in [1.807, 2.05) is 0 Å². The maximum Gasteiger partial charge on any atom is 0.268 e. The van der Waals surface area contributed by atoms with Crippen LogP contribution in [0.1, 0.15) is 12.0 Å². The molecular weight excluding hydrogens is 193 g/mol. The lowest BCUT2D eigenvalue weighted by molar-refractivity contribution is 0.152. The first kappa shape index (κ1) is 9.12. The molecule has 0 spiro atoms. The van der Waals surface area contributed by atoms with Gasteiger partial charge in [-0.05, 0) is 0 Å². The zero-order valence-electron chi connectivity index (χ0n) is 5.69. The number of halogens is 4. The third kappa shape index (κ3) is 1.61. The molecule has 12 heavy (non-hydrogen) atoms. The van der Waals surface area contributed by atoms with E-state index in [-0.39, 0.29) is 5.69 Å². The van der Waals surface area contributed by atoms with Gasteiger partial charge in [-0.15, -0.1) is 0 Å². The van der Waals surface area contributed by atoms with E-state index in [9.17, 15) is 13.2 Å². The quantitative estimate of drug-likeness (QED) is 0.701. The van der Waals surface area contributed by atoms with Crippen molar-refractivity contribution in [2.24, 2.45) is 0 Å². The number of aromatic nitrogens is 1. The summed E-state index contributed by atoms with van der Waals surface area (Å²) < 4.78 is 36.5. The number of nitrogens with two attached hydrogens (primary N) is 1. The lowest BCUT2D eigenvalue weighted by Gasteiger charge is -2.05. The van der Waals surface area contributed by atoms with E-state index in [1.54, 1.807) is 0 Å². The number of nitrogens with zero attached hydrogens (tertiary/aromatic N) is 1. The van der Waals surface area contributed by atoms with Gasteiger partial charge in [-0.3, -0.25) is 0 Å². The van der Waals surface area contributed by atoms with E-state index in [4.69, 9.17) is 17.3 Å². The Kier molecular flexibility index (Phi) is 2.42. The van der Waals surface area contributed by atoms with Crippen molar-refractivity contribution in [1.82, 2.24) is 4.98 Å². The SMILES string of the molecule is Nc1cc(F)nc(Cl)c1C(F)F. The Balaban J connectivity index is 3.28. The Morgan fingerprint density at radius 1 is 1.50 bits per heavy atom. The van der Waals surface area contributed by atoms with Crippen LogP contribution in [0.25, 0.3) is 0 Å². The number of pyridine rings is 1. The fourth-order valence-electron chi connectivity index (χ4n) is 0.727. The van der Waals surface area contributed by atoms with Crippen LogP contribution in [0, 0.1) is 5.95 Å². The minimum Gasteiger partial charge on any atom is -0.398 e. The lowest BCUT2D eigenvalue weighted by atomic mass is 10.2. The molecule has 0 atom stereocenters. The predicted molar refractivity (Wildman–Crippen MR) is 38.6 cm³/mol. The fraction of sp³-hybridized carbons (Fsp3) is 0.167. The highest BCUT2D eigenvalue weighted by Crippen LogP contribution is 2.30. The molecule has 2 nitrogen and oxygen atoms in total. The molecule has 0 aliphatic rings. The van der Waals surface area contributed by atoms with Crippen LogP contribution in [0.2, 0.25) is 5.15 Å². The van der Waals surface area contributed by atoms with Crippen molar-refractivity contribution in [2.45, 2.75) is 6.43 Å². The normalized spacial score (nSPS) is 10.8. The number of hydrogen-bond donors (Lipinski definition) is 1. The topological polar surface area (TPSA) is 38.9 Å². The zero-order valence-corrected chi connectivity index (χ0v) is 6.45. The van der Waals surface area contributed by atoms with Gasteiger partial charge in [0.25, 0.3) is 6.43 Å². The van der Waals surface area contributed by atoms with Crippen LogP contribution >= 0.6 is 11.6 Å². The third-order valence-electron chi connectivity index (χ3n) is 1.23. The molecule has 1 heterocycles. The molecule has 2 N–H and O–H groups in total. The van der Waals surface area contributed by atoms with Crippen LogP contribution < -0.4 is 5.73 Å². The molecule has 0 saturated carbocycles. The molecule has 0 amide bonds. The summed E-state index contributed by atoms with van der Waals surface area (Å²) in [5, 5.41) is -0.595. The molecule has 66 valence electrons. The standard InChI is InChI=1S/C6H4ClF3N2/c7-5-4(6(9)10)2(11)1-3(8)12-5/h1,6H,(H2,11,12). The Bertz CT molecular complexity index is 280. The second-order valence-electron chi connectivity index (χ2n) is 2.04. The van der Waals surface area contributed by atoms with Crippen molar-refractivity contribution in [3.63, 3.8) is 0 Å². The molecule has 1 rings (SSSR count). The van der Waals surface area contributed by atoms with Gasteiger partial charge in [-0.25, -0.2) is 13.8 Å². The second kappa shape index (κ2) is 3.18. The van der Waals surface area contributed by atoms with Gasteiger partial charge in [0.1, 0.15) is 5.15 Å². The largest absolute Gasteiger partial charge is 0.398 e. The summed E-state index contributed by atoms with van der Waals surface area (Å²) in [7, 11) is 0. The van der Waals surface area contributed by atoms with Crippen molar-refractivity contribution in [3.05, 3.63) is 22.7 Å². The molecule has 0 saturated heterocycles. The predicted octanol–water partition coefficient (Wildman–Crippen LogP) is 2.39. The van der Waals surface area contributed by atoms with E-state index in [0.717, 1.165) is 0 Å². The molecule has 1 aromatic rings. The van der Waals surface area contributed by atoms with Crippen molar-refractivity contribution in [3.8, 4) is 0 Å². The van der Waals surface area contributed by atoms with E-state index < -0.39 is 23.1 Å².